The Morgan fingerprint density at radius 2 is 2.17 bits per heavy atom. The van der Waals surface area contributed by atoms with Gasteiger partial charge in [-0.2, -0.15) is 5.10 Å². The van der Waals surface area contributed by atoms with Crippen LogP contribution in [0.4, 0.5) is 0 Å². The van der Waals surface area contributed by atoms with Crippen LogP contribution in [-0.4, -0.2) is 23.2 Å². The van der Waals surface area contributed by atoms with Crippen LogP contribution in [0.5, 0.6) is 11.6 Å². The highest BCUT2D eigenvalue weighted by Crippen LogP contribution is 2.21. The Kier molecular flexibility index (Phi) is 3.53. The summed E-state index contributed by atoms with van der Waals surface area (Å²) in [6, 6.07) is 2.76. The van der Waals surface area contributed by atoms with Crippen LogP contribution in [0, 0.1) is 0 Å². The molecule has 0 amide bonds. The van der Waals surface area contributed by atoms with Crippen LogP contribution < -0.4 is 4.74 Å². The summed E-state index contributed by atoms with van der Waals surface area (Å²) >= 11 is 0. The zero-order valence-corrected chi connectivity index (χ0v) is 11.0. The van der Waals surface area contributed by atoms with Crippen molar-refractivity contribution >= 4 is 19.7 Å². The smallest absolute Gasteiger partial charge is 0.262 e. The quantitative estimate of drug-likeness (QED) is 0.804. The maximum atomic E-state index is 11.0. The van der Waals surface area contributed by atoms with Crippen molar-refractivity contribution in [3.05, 3.63) is 30.7 Å². The molecule has 0 aliphatic carbocycles. The topological polar surface area (TPSA) is 74.1 Å². The van der Waals surface area contributed by atoms with Gasteiger partial charge in [0.2, 0.25) is 5.88 Å². The molecule has 0 saturated carbocycles. The van der Waals surface area contributed by atoms with Gasteiger partial charge in [0, 0.05) is 23.3 Å². The Morgan fingerprint density at radius 3 is 2.67 bits per heavy atom. The van der Waals surface area contributed by atoms with Crippen molar-refractivity contribution in [3.63, 3.8) is 0 Å². The molecule has 2 rings (SSSR count). The first-order chi connectivity index (χ1) is 8.49. The minimum atomic E-state index is -3.75. The van der Waals surface area contributed by atoms with Crippen LogP contribution in [-0.2, 0) is 15.6 Å². The molecule has 0 unspecified atom stereocenters. The summed E-state index contributed by atoms with van der Waals surface area (Å²) in [5.41, 5.74) is 0. The lowest BCUT2D eigenvalue weighted by Gasteiger charge is -2.01. The number of halogens is 1. The number of ether oxygens (including phenoxy) is 1. The van der Waals surface area contributed by atoms with Crippen LogP contribution >= 0.6 is 10.7 Å². The fraction of sp³-hybridized carbons (Fsp3) is 0.200. The van der Waals surface area contributed by atoms with Crippen LogP contribution in [0.3, 0.4) is 0 Å². The van der Waals surface area contributed by atoms with E-state index in [4.69, 9.17) is 15.4 Å². The Morgan fingerprint density at radius 1 is 1.39 bits per heavy atom. The van der Waals surface area contributed by atoms with Gasteiger partial charge in [-0.05, 0) is 13.0 Å². The Labute approximate surface area is 109 Å². The van der Waals surface area contributed by atoms with Gasteiger partial charge in [-0.25, -0.2) is 13.4 Å². The van der Waals surface area contributed by atoms with Crippen LogP contribution in [0.25, 0.3) is 0 Å². The maximum absolute atomic E-state index is 11.0. The normalized spacial score (nSPS) is 11.4. The molecule has 0 fully saturated rings. The van der Waals surface area contributed by atoms with Crippen LogP contribution in [0.1, 0.15) is 6.92 Å². The fourth-order valence-electron chi connectivity index (χ4n) is 1.26. The number of pyridine rings is 1. The van der Waals surface area contributed by atoms with Crippen molar-refractivity contribution < 1.29 is 13.2 Å². The SMILES string of the molecule is CCn1cc(Oc2ccc(S(=O)(=O)Cl)cn2)cn1. The summed E-state index contributed by atoms with van der Waals surface area (Å²) in [4.78, 5) is 3.78. The second-order valence-corrected chi connectivity index (χ2v) is 5.97. The second kappa shape index (κ2) is 4.95. The molecule has 0 N–H and O–H groups in total. The van der Waals surface area contributed by atoms with E-state index in [0.29, 0.717) is 5.75 Å². The molecule has 96 valence electrons. The standard InChI is InChI=1S/C10H10ClN3O3S/c1-2-14-7-8(5-13-14)17-10-4-3-9(6-12-10)18(11,15)16/h3-7H,2H2,1H3. The fourth-order valence-corrected chi connectivity index (χ4v) is 1.95. The second-order valence-electron chi connectivity index (χ2n) is 3.40. The lowest BCUT2D eigenvalue weighted by molar-refractivity contribution is 0.461. The summed E-state index contributed by atoms with van der Waals surface area (Å²) in [7, 11) is 1.42. The number of hydrogen-bond donors (Lipinski definition) is 0. The van der Waals surface area contributed by atoms with E-state index in [0.717, 1.165) is 12.7 Å². The van der Waals surface area contributed by atoms with Gasteiger partial charge in [0.05, 0.1) is 18.6 Å². The van der Waals surface area contributed by atoms with Gasteiger partial charge in [-0.3, -0.25) is 4.68 Å². The zero-order chi connectivity index (χ0) is 13.2. The predicted molar refractivity (Wildman–Crippen MR) is 65.3 cm³/mol. The third-order valence-corrected chi connectivity index (χ3v) is 3.49. The molecule has 0 aliphatic heterocycles. The first-order valence-electron chi connectivity index (χ1n) is 5.10. The summed E-state index contributed by atoms with van der Waals surface area (Å²) in [6.07, 6.45) is 4.41. The molecule has 0 spiro atoms. The highest BCUT2D eigenvalue weighted by Gasteiger charge is 2.10. The molecular weight excluding hydrogens is 278 g/mol. The molecule has 8 heteroatoms. The number of rotatable bonds is 4. The molecule has 2 aromatic heterocycles. The van der Waals surface area contributed by atoms with Crippen molar-refractivity contribution in [3.8, 4) is 11.6 Å². The van der Waals surface area contributed by atoms with Crippen LogP contribution in [0.2, 0.25) is 0 Å². The van der Waals surface area contributed by atoms with E-state index in [1.165, 1.54) is 12.1 Å². The summed E-state index contributed by atoms with van der Waals surface area (Å²) in [5, 5.41) is 4.03. The first kappa shape index (κ1) is 12.8. The van der Waals surface area contributed by atoms with Gasteiger partial charge in [-0.15, -0.1) is 0 Å². The third-order valence-electron chi connectivity index (χ3n) is 2.15. The third kappa shape index (κ3) is 2.99. The Hall–Kier alpha value is -1.60. The molecule has 6 nitrogen and oxygen atoms in total. The van der Waals surface area contributed by atoms with Crippen molar-refractivity contribution in [1.82, 2.24) is 14.8 Å². The Balaban J connectivity index is 2.15. The minimum absolute atomic E-state index is 0.0687. The van der Waals surface area contributed by atoms with Crippen molar-refractivity contribution in [2.75, 3.05) is 0 Å². The molecule has 0 bridgehead atoms. The van der Waals surface area contributed by atoms with Crippen molar-refractivity contribution in [2.45, 2.75) is 18.4 Å². The van der Waals surface area contributed by atoms with Gasteiger partial charge in [-0.1, -0.05) is 0 Å². The first-order valence-corrected chi connectivity index (χ1v) is 7.41. The summed E-state index contributed by atoms with van der Waals surface area (Å²) < 4.78 is 29.1. The van der Waals surface area contributed by atoms with Gasteiger partial charge in [0.1, 0.15) is 4.90 Å². The number of aromatic nitrogens is 3. The molecule has 18 heavy (non-hydrogen) atoms. The molecule has 2 aromatic rings. The average molecular weight is 288 g/mol. The Bertz CT molecular complexity index is 637. The largest absolute Gasteiger partial charge is 0.436 e. The number of nitrogens with zero attached hydrogens (tertiary/aromatic N) is 3. The summed E-state index contributed by atoms with van der Waals surface area (Å²) in [5.74, 6) is 0.806. The molecule has 0 atom stereocenters. The molecule has 0 saturated heterocycles. The molecule has 0 aliphatic rings. The van der Waals surface area contributed by atoms with Crippen molar-refractivity contribution in [1.29, 1.82) is 0 Å². The highest BCUT2D eigenvalue weighted by atomic mass is 35.7. The lowest BCUT2D eigenvalue weighted by Crippen LogP contribution is -1.93. The highest BCUT2D eigenvalue weighted by molar-refractivity contribution is 8.13. The van der Waals surface area contributed by atoms with Crippen LogP contribution in [0.15, 0.2) is 35.6 Å². The van der Waals surface area contributed by atoms with Gasteiger partial charge >= 0.3 is 0 Å². The molecule has 2 heterocycles. The average Bonchev–Trinajstić information content (AvgIpc) is 2.76. The zero-order valence-electron chi connectivity index (χ0n) is 9.45. The lowest BCUT2D eigenvalue weighted by atomic mass is 10.5. The van der Waals surface area contributed by atoms with Gasteiger partial charge in [0.15, 0.2) is 5.75 Å². The summed E-state index contributed by atoms with van der Waals surface area (Å²) in [6.45, 7) is 2.69. The monoisotopic (exact) mass is 287 g/mol. The van der Waals surface area contributed by atoms with Crippen molar-refractivity contribution in [2.24, 2.45) is 0 Å². The molecule has 0 radical (unpaired) electrons. The molecular formula is C10H10ClN3O3S. The van der Waals surface area contributed by atoms with E-state index in [1.807, 2.05) is 6.92 Å². The van der Waals surface area contributed by atoms with Gasteiger partial charge < -0.3 is 4.74 Å². The van der Waals surface area contributed by atoms with E-state index < -0.39 is 9.05 Å². The number of hydrogen-bond acceptors (Lipinski definition) is 5. The predicted octanol–water partition coefficient (Wildman–Crippen LogP) is 2.02. The van der Waals surface area contributed by atoms with E-state index in [9.17, 15) is 8.42 Å². The van der Waals surface area contributed by atoms with E-state index in [2.05, 4.69) is 10.1 Å². The van der Waals surface area contributed by atoms with E-state index in [-0.39, 0.29) is 10.8 Å². The van der Waals surface area contributed by atoms with E-state index >= 15 is 0 Å². The maximum Gasteiger partial charge on any atom is 0.262 e. The van der Waals surface area contributed by atoms with Gasteiger partial charge in [0.25, 0.3) is 9.05 Å². The number of aryl methyl sites for hydroxylation is 1. The minimum Gasteiger partial charge on any atom is -0.436 e. The van der Waals surface area contributed by atoms with E-state index in [1.54, 1.807) is 17.1 Å². The molecule has 0 aromatic carbocycles.